The predicted octanol–water partition coefficient (Wildman–Crippen LogP) is 4.00. The van der Waals surface area contributed by atoms with Crippen molar-refractivity contribution in [2.75, 3.05) is 31.2 Å². The Morgan fingerprint density at radius 3 is 2.73 bits per heavy atom. The molecule has 1 saturated heterocycles. The zero-order valence-electron chi connectivity index (χ0n) is 16.3. The van der Waals surface area contributed by atoms with Crippen LogP contribution in [0.2, 0.25) is 0 Å². The lowest BCUT2D eigenvalue weighted by Gasteiger charge is -2.28. The first kappa shape index (κ1) is 17.2. The van der Waals surface area contributed by atoms with Gasteiger partial charge in [-0.3, -0.25) is 10.1 Å². The van der Waals surface area contributed by atoms with Gasteiger partial charge in [-0.25, -0.2) is 4.98 Å². The van der Waals surface area contributed by atoms with Gasteiger partial charge in [-0.05, 0) is 41.5 Å². The maximum absolute atomic E-state index is 5.55. The lowest BCUT2D eigenvalue weighted by molar-refractivity contribution is 0.122. The van der Waals surface area contributed by atoms with Gasteiger partial charge < -0.3 is 14.6 Å². The second kappa shape index (κ2) is 6.96. The van der Waals surface area contributed by atoms with Crippen LogP contribution < -0.4 is 4.90 Å². The number of aromatic nitrogens is 5. The Hall–Kier alpha value is -3.71. The van der Waals surface area contributed by atoms with Gasteiger partial charge in [-0.15, -0.1) is 0 Å². The summed E-state index contributed by atoms with van der Waals surface area (Å²) in [5.41, 5.74) is 5.98. The zero-order chi connectivity index (χ0) is 19.9. The fraction of sp³-hybridized carbons (Fsp3) is 0.174. The van der Waals surface area contributed by atoms with Crippen LogP contribution in [0, 0.1) is 0 Å². The maximum Gasteiger partial charge on any atom is 0.130 e. The molecule has 0 saturated carbocycles. The highest BCUT2D eigenvalue weighted by Crippen LogP contribution is 2.37. The van der Waals surface area contributed by atoms with Gasteiger partial charge in [0.25, 0.3) is 0 Å². The molecule has 0 atom stereocenters. The highest BCUT2D eigenvalue weighted by Gasteiger charge is 2.19. The lowest BCUT2D eigenvalue weighted by Crippen LogP contribution is -2.36. The van der Waals surface area contributed by atoms with E-state index in [0.717, 1.165) is 52.3 Å². The molecule has 1 aromatic carbocycles. The molecule has 6 rings (SSSR count). The quantitative estimate of drug-likeness (QED) is 0.482. The van der Waals surface area contributed by atoms with Gasteiger partial charge in [-0.2, -0.15) is 5.10 Å². The van der Waals surface area contributed by atoms with Crippen LogP contribution in [0.15, 0.2) is 61.1 Å². The number of ether oxygens (including phenoxy) is 1. The van der Waals surface area contributed by atoms with Crippen molar-refractivity contribution < 1.29 is 4.74 Å². The number of H-pyrrole nitrogens is 2. The summed E-state index contributed by atoms with van der Waals surface area (Å²) in [6.45, 7) is 3.07. The molecule has 1 aliphatic heterocycles. The lowest BCUT2D eigenvalue weighted by atomic mass is 9.97. The monoisotopic (exact) mass is 396 g/mol. The van der Waals surface area contributed by atoms with E-state index in [-0.39, 0.29) is 0 Å². The van der Waals surface area contributed by atoms with Crippen molar-refractivity contribution in [3.8, 4) is 22.5 Å². The van der Waals surface area contributed by atoms with Crippen molar-refractivity contribution >= 4 is 27.6 Å². The van der Waals surface area contributed by atoms with Gasteiger partial charge in [-0.1, -0.05) is 12.1 Å². The van der Waals surface area contributed by atoms with Crippen LogP contribution in [0.25, 0.3) is 44.3 Å². The Morgan fingerprint density at radius 1 is 0.933 bits per heavy atom. The second-order valence-corrected chi connectivity index (χ2v) is 7.40. The average molecular weight is 396 g/mol. The number of aromatic amines is 2. The van der Waals surface area contributed by atoms with Gasteiger partial charge in [0.1, 0.15) is 17.0 Å². The molecule has 1 fully saturated rings. The van der Waals surface area contributed by atoms with Crippen molar-refractivity contribution in [1.82, 2.24) is 25.1 Å². The Morgan fingerprint density at radius 2 is 1.87 bits per heavy atom. The van der Waals surface area contributed by atoms with Crippen molar-refractivity contribution in [2.24, 2.45) is 0 Å². The minimum Gasteiger partial charge on any atom is -0.378 e. The normalized spacial score (nSPS) is 14.6. The van der Waals surface area contributed by atoms with E-state index in [0.29, 0.717) is 13.2 Å². The third-order valence-corrected chi connectivity index (χ3v) is 5.69. The fourth-order valence-corrected chi connectivity index (χ4v) is 4.22. The van der Waals surface area contributed by atoms with Gasteiger partial charge in [0.05, 0.1) is 18.9 Å². The first-order valence-corrected chi connectivity index (χ1v) is 10.1. The molecular weight excluding hydrogens is 376 g/mol. The molecule has 1 aliphatic rings. The minimum absolute atomic E-state index is 0.711. The predicted molar refractivity (Wildman–Crippen MR) is 117 cm³/mol. The number of morpholine rings is 1. The van der Waals surface area contributed by atoms with Gasteiger partial charge in [0, 0.05) is 48.0 Å². The number of fused-ring (bicyclic) bond motifs is 2. The molecule has 7 heteroatoms. The largest absolute Gasteiger partial charge is 0.378 e. The van der Waals surface area contributed by atoms with E-state index < -0.39 is 0 Å². The number of rotatable bonds is 3. The summed E-state index contributed by atoms with van der Waals surface area (Å²) in [5, 5.41) is 9.41. The number of hydrogen-bond acceptors (Lipinski definition) is 5. The summed E-state index contributed by atoms with van der Waals surface area (Å²) in [6, 6.07) is 14.7. The number of pyridine rings is 2. The molecule has 0 spiro atoms. The van der Waals surface area contributed by atoms with Gasteiger partial charge in [0.2, 0.25) is 0 Å². The minimum atomic E-state index is 0.711. The summed E-state index contributed by atoms with van der Waals surface area (Å²) in [5.74, 6) is 0.946. The molecule has 0 amide bonds. The van der Waals surface area contributed by atoms with Gasteiger partial charge in [0.15, 0.2) is 0 Å². The van der Waals surface area contributed by atoms with E-state index in [9.17, 15) is 0 Å². The van der Waals surface area contributed by atoms with Crippen LogP contribution in [-0.4, -0.2) is 51.5 Å². The topological polar surface area (TPSA) is 82.7 Å². The Balaban J connectivity index is 1.66. The third-order valence-electron chi connectivity index (χ3n) is 5.69. The number of anilines is 1. The average Bonchev–Trinajstić information content (AvgIpc) is 3.50. The van der Waals surface area contributed by atoms with Crippen molar-refractivity contribution in [2.45, 2.75) is 0 Å². The first-order chi connectivity index (χ1) is 14.9. The third kappa shape index (κ3) is 2.74. The highest BCUT2D eigenvalue weighted by molar-refractivity contribution is 6.07. The molecule has 2 N–H and O–H groups in total. The molecule has 0 unspecified atom stereocenters. The van der Waals surface area contributed by atoms with E-state index in [1.165, 1.54) is 10.9 Å². The van der Waals surface area contributed by atoms with Crippen LogP contribution in [0.5, 0.6) is 0 Å². The van der Waals surface area contributed by atoms with Crippen LogP contribution in [0.3, 0.4) is 0 Å². The van der Waals surface area contributed by atoms with Crippen LogP contribution >= 0.6 is 0 Å². The number of nitrogens with one attached hydrogen (secondary N) is 2. The molecule has 4 aromatic heterocycles. The Bertz CT molecular complexity index is 1330. The summed E-state index contributed by atoms with van der Waals surface area (Å²) < 4.78 is 5.55. The second-order valence-electron chi connectivity index (χ2n) is 7.40. The molecular formula is C23H20N6O. The van der Waals surface area contributed by atoms with E-state index in [1.807, 2.05) is 24.5 Å². The SMILES string of the molecule is c1cc(-c2cc(N3CCOCC3)nc3c(-c4ccn[nH]4)nccc23)c2cc[nH]c2c1. The van der Waals surface area contributed by atoms with Crippen molar-refractivity contribution in [3.63, 3.8) is 0 Å². The van der Waals surface area contributed by atoms with Crippen LogP contribution in [-0.2, 0) is 4.74 Å². The molecule has 7 nitrogen and oxygen atoms in total. The molecule has 5 heterocycles. The summed E-state index contributed by atoms with van der Waals surface area (Å²) in [7, 11) is 0. The standard InChI is InChI=1S/C23H20N6O/c1-2-15(16-4-7-24-19(16)3-1)18-14-21(29-10-12-30-13-11-29)27-22-17(18)5-8-25-23(22)20-6-9-26-28-20/h1-9,14,24H,10-13H2,(H,26,28). The van der Waals surface area contributed by atoms with E-state index in [1.54, 1.807) is 6.20 Å². The highest BCUT2D eigenvalue weighted by atomic mass is 16.5. The summed E-state index contributed by atoms with van der Waals surface area (Å²) >= 11 is 0. The molecule has 148 valence electrons. The number of nitrogens with zero attached hydrogens (tertiary/aromatic N) is 4. The first-order valence-electron chi connectivity index (χ1n) is 10.1. The molecule has 30 heavy (non-hydrogen) atoms. The summed E-state index contributed by atoms with van der Waals surface area (Å²) in [4.78, 5) is 15.3. The van der Waals surface area contributed by atoms with E-state index in [4.69, 9.17) is 9.72 Å². The van der Waals surface area contributed by atoms with E-state index >= 15 is 0 Å². The Labute approximate surface area is 172 Å². The zero-order valence-corrected chi connectivity index (χ0v) is 16.3. The molecule has 0 bridgehead atoms. The molecule has 5 aromatic rings. The number of hydrogen-bond donors (Lipinski definition) is 2. The van der Waals surface area contributed by atoms with E-state index in [2.05, 4.69) is 55.4 Å². The van der Waals surface area contributed by atoms with Gasteiger partial charge >= 0.3 is 0 Å². The van der Waals surface area contributed by atoms with Crippen LogP contribution in [0.1, 0.15) is 0 Å². The maximum atomic E-state index is 5.55. The fourth-order valence-electron chi connectivity index (χ4n) is 4.22. The molecule has 0 radical (unpaired) electrons. The van der Waals surface area contributed by atoms with Crippen molar-refractivity contribution in [1.29, 1.82) is 0 Å². The number of benzene rings is 1. The molecule has 0 aliphatic carbocycles. The summed E-state index contributed by atoms with van der Waals surface area (Å²) in [6.07, 6.45) is 5.57. The van der Waals surface area contributed by atoms with Crippen LogP contribution in [0.4, 0.5) is 5.82 Å². The smallest absolute Gasteiger partial charge is 0.130 e. The Kier molecular flexibility index (Phi) is 3.99. The van der Waals surface area contributed by atoms with Crippen molar-refractivity contribution in [3.05, 3.63) is 61.1 Å².